The molecule has 1 heterocycles. The van der Waals surface area contributed by atoms with Crippen LogP contribution in [0.15, 0.2) is 70.5 Å². The predicted molar refractivity (Wildman–Crippen MR) is 143 cm³/mol. The molecule has 0 bridgehead atoms. The van der Waals surface area contributed by atoms with Crippen molar-refractivity contribution in [2.75, 3.05) is 17.5 Å². The molecule has 6 nitrogen and oxygen atoms in total. The first kappa shape index (κ1) is 24.7. The van der Waals surface area contributed by atoms with E-state index in [4.69, 9.17) is 9.84 Å². The highest BCUT2D eigenvalue weighted by Gasteiger charge is 2.47. The molecule has 2 aliphatic rings. The van der Waals surface area contributed by atoms with Gasteiger partial charge in [-0.25, -0.2) is 13.2 Å². The molecule has 0 amide bonds. The highest BCUT2D eigenvalue weighted by Crippen LogP contribution is 2.51. The molecule has 1 N–H and O–H groups in total. The van der Waals surface area contributed by atoms with Crippen molar-refractivity contribution in [3.05, 3.63) is 71.8 Å². The summed E-state index contributed by atoms with van der Waals surface area (Å²) in [6.07, 6.45) is 5.26. The lowest BCUT2D eigenvalue weighted by Crippen LogP contribution is -2.38. The number of sulfonamides is 1. The van der Waals surface area contributed by atoms with Gasteiger partial charge in [-0.2, -0.15) is 0 Å². The van der Waals surface area contributed by atoms with Crippen molar-refractivity contribution in [1.82, 2.24) is 0 Å². The quantitative estimate of drug-likeness (QED) is 0.398. The van der Waals surface area contributed by atoms with Crippen LogP contribution < -0.4 is 9.04 Å². The van der Waals surface area contributed by atoms with E-state index in [0.29, 0.717) is 17.9 Å². The number of carboxylic acid groups (broad SMARTS) is 1. The molecule has 1 spiro atoms. The van der Waals surface area contributed by atoms with Gasteiger partial charge in [0.25, 0.3) is 10.0 Å². The lowest BCUT2D eigenvalue weighted by Gasteiger charge is -2.34. The molecule has 0 radical (unpaired) electrons. The Morgan fingerprint density at radius 3 is 2.47 bits per heavy atom. The number of hydrogen-bond acceptors (Lipinski definition) is 5. The Morgan fingerprint density at radius 1 is 1.03 bits per heavy atom. The third-order valence-electron chi connectivity index (χ3n) is 7.36. The molecule has 0 unspecified atom stereocenters. The van der Waals surface area contributed by atoms with Gasteiger partial charge in [-0.3, -0.25) is 4.31 Å². The van der Waals surface area contributed by atoms with Crippen LogP contribution in [0.2, 0.25) is 0 Å². The summed E-state index contributed by atoms with van der Waals surface area (Å²) in [5.74, 6) is -0.726. The SMILES string of the molecule is Cc1cc(S(=O)(=O)N2CC3(CCCCC3)c3cc(-c4cccc(S)c4)ccc32)ccc1OCC(=O)O. The van der Waals surface area contributed by atoms with E-state index >= 15 is 0 Å². The van der Waals surface area contributed by atoms with Crippen molar-refractivity contribution in [1.29, 1.82) is 0 Å². The number of nitrogens with zero attached hydrogens (tertiary/aromatic N) is 1. The van der Waals surface area contributed by atoms with Crippen molar-refractivity contribution in [3.63, 3.8) is 0 Å². The lowest BCUT2D eigenvalue weighted by atomic mass is 9.70. The van der Waals surface area contributed by atoms with E-state index in [2.05, 4.69) is 24.8 Å². The molecule has 1 aliphatic heterocycles. The fourth-order valence-electron chi connectivity index (χ4n) is 5.57. The summed E-state index contributed by atoms with van der Waals surface area (Å²) in [6, 6.07) is 18.7. The van der Waals surface area contributed by atoms with Crippen LogP contribution in [-0.2, 0) is 20.2 Å². The standard InChI is InChI=1S/C28H29NO5S2/c1-19-14-23(9-11-26(19)34-17-27(30)31)36(32,33)29-18-28(12-3-2-4-13-28)24-16-21(8-10-25(24)29)20-6-5-7-22(35)15-20/h5-11,14-16,35H,2-4,12-13,17-18H2,1H3,(H,30,31). The highest BCUT2D eigenvalue weighted by molar-refractivity contribution is 7.92. The molecule has 0 atom stereocenters. The number of carboxylic acids is 1. The van der Waals surface area contributed by atoms with Gasteiger partial charge in [-0.15, -0.1) is 12.6 Å². The summed E-state index contributed by atoms with van der Waals surface area (Å²) in [5.41, 5.74) is 4.34. The van der Waals surface area contributed by atoms with E-state index in [9.17, 15) is 13.2 Å². The monoisotopic (exact) mass is 523 g/mol. The second-order valence-corrected chi connectivity index (χ2v) is 12.1. The average molecular weight is 524 g/mol. The topological polar surface area (TPSA) is 83.9 Å². The van der Waals surface area contributed by atoms with Gasteiger partial charge in [0, 0.05) is 16.9 Å². The summed E-state index contributed by atoms with van der Waals surface area (Å²) < 4.78 is 34.7. The molecule has 188 valence electrons. The maximum atomic E-state index is 13.9. The number of carbonyl (C=O) groups is 1. The number of aryl methyl sites for hydroxylation is 1. The lowest BCUT2D eigenvalue weighted by molar-refractivity contribution is -0.139. The number of fused-ring (bicyclic) bond motifs is 2. The van der Waals surface area contributed by atoms with Crippen LogP contribution in [0.3, 0.4) is 0 Å². The Kier molecular flexibility index (Phi) is 6.51. The zero-order valence-corrected chi connectivity index (χ0v) is 21.8. The van der Waals surface area contributed by atoms with E-state index in [0.717, 1.165) is 53.0 Å². The van der Waals surface area contributed by atoms with Gasteiger partial charge >= 0.3 is 5.97 Å². The Morgan fingerprint density at radius 2 is 1.78 bits per heavy atom. The van der Waals surface area contributed by atoms with Crippen molar-refractivity contribution in [2.24, 2.45) is 0 Å². The van der Waals surface area contributed by atoms with Gasteiger partial charge < -0.3 is 9.84 Å². The summed E-state index contributed by atoms with van der Waals surface area (Å²) in [6.45, 7) is 1.67. The van der Waals surface area contributed by atoms with Gasteiger partial charge in [-0.1, -0.05) is 37.5 Å². The van der Waals surface area contributed by atoms with E-state index in [-0.39, 0.29) is 10.3 Å². The summed E-state index contributed by atoms with van der Waals surface area (Å²) in [5, 5.41) is 8.88. The van der Waals surface area contributed by atoms with Gasteiger partial charge in [-0.05, 0) is 84.5 Å². The molecule has 1 aliphatic carbocycles. The van der Waals surface area contributed by atoms with E-state index in [1.165, 1.54) is 18.6 Å². The maximum Gasteiger partial charge on any atom is 0.341 e. The first-order valence-electron chi connectivity index (χ1n) is 12.1. The van der Waals surface area contributed by atoms with E-state index in [1.807, 2.05) is 30.3 Å². The highest BCUT2D eigenvalue weighted by atomic mass is 32.2. The zero-order chi connectivity index (χ0) is 25.5. The Hall–Kier alpha value is -2.97. The van der Waals surface area contributed by atoms with Crippen molar-refractivity contribution in [3.8, 4) is 16.9 Å². The summed E-state index contributed by atoms with van der Waals surface area (Å²) >= 11 is 4.49. The number of anilines is 1. The Bertz CT molecular complexity index is 1430. The molecular formula is C28H29NO5S2. The van der Waals surface area contributed by atoms with Crippen molar-refractivity contribution < 1.29 is 23.1 Å². The van der Waals surface area contributed by atoms with Crippen LogP contribution in [-0.4, -0.2) is 32.6 Å². The molecule has 8 heteroatoms. The molecule has 1 saturated carbocycles. The fraction of sp³-hybridized carbons (Fsp3) is 0.321. The summed E-state index contributed by atoms with van der Waals surface area (Å²) in [7, 11) is -3.83. The van der Waals surface area contributed by atoms with Gasteiger partial charge in [0.05, 0.1) is 10.6 Å². The van der Waals surface area contributed by atoms with Gasteiger partial charge in [0.2, 0.25) is 0 Å². The number of rotatable bonds is 6. The van der Waals surface area contributed by atoms with Gasteiger partial charge in [0.15, 0.2) is 6.61 Å². The van der Waals surface area contributed by atoms with Crippen molar-refractivity contribution in [2.45, 2.75) is 54.2 Å². The normalized spacial score (nSPS) is 16.7. The molecule has 0 saturated heterocycles. The number of thiol groups is 1. The van der Waals surface area contributed by atoms with Crippen LogP contribution in [0, 0.1) is 6.92 Å². The molecule has 36 heavy (non-hydrogen) atoms. The van der Waals surface area contributed by atoms with Crippen LogP contribution in [0.25, 0.3) is 11.1 Å². The summed E-state index contributed by atoms with van der Waals surface area (Å²) in [4.78, 5) is 11.9. The second-order valence-electron chi connectivity index (χ2n) is 9.74. The molecular weight excluding hydrogens is 494 g/mol. The van der Waals surface area contributed by atoms with Crippen molar-refractivity contribution >= 4 is 34.3 Å². The Balaban J connectivity index is 1.55. The minimum Gasteiger partial charge on any atom is -0.482 e. The average Bonchev–Trinajstić information content (AvgIpc) is 3.17. The molecule has 3 aromatic rings. The van der Waals surface area contributed by atoms with E-state index in [1.54, 1.807) is 17.3 Å². The van der Waals surface area contributed by atoms with Crippen LogP contribution in [0.5, 0.6) is 5.75 Å². The smallest absolute Gasteiger partial charge is 0.341 e. The zero-order valence-electron chi connectivity index (χ0n) is 20.1. The Labute approximate surface area is 217 Å². The predicted octanol–water partition coefficient (Wildman–Crippen LogP) is 5.82. The molecule has 0 aromatic heterocycles. The molecule has 1 fully saturated rings. The fourth-order valence-corrected chi connectivity index (χ4v) is 7.45. The largest absolute Gasteiger partial charge is 0.482 e. The number of benzene rings is 3. The number of hydrogen-bond donors (Lipinski definition) is 2. The number of ether oxygens (including phenoxy) is 1. The second kappa shape index (κ2) is 9.48. The number of aliphatic carboxylic acids is 1. The van der Waals surface area contributed by atoms with Crippen LogP contribution >= 0.6 is 12.6 Å². The van der Waals surface area contributed by atoms with Gasteiger partial charge in [0.1, 0.15) is 5.75 Å². The third kappa shape index (κ3) is 4.48. The molecule has 5 rings (SSSR count). The first-order valence-corrected chi connectivity index (χ1v) is 14.0. The van der Waals surface area contributed by atoms with Crippen LogP contribution in [0.4, 0.5) is 5.69 Å². The maximum absolute atomic E-state index is 13.9. The third-order valence-corrected chi connectivity index (χ3v) is 9.39. The van der Waals surface area contributed by atoms with E-state index < -0.39 is 22.6 Å². The minimum atomic E-state index is -3.83. The minimum absolute atomic E-state index is 0.174. The van der Waals surface area contributed by atoms with Crippen LogP contribution in [0.1, 0.15) is 43.2 Å². The first-order chi connectivity index (χ1) is 17.2. The molecule has 3 aromatic carbocycles.